The van der Waals surface area contributed by atoms with Crippen molar-refractivity contribution in [2.75, 3.05) is 33.7 Å². The number of benzene rings is 2. The summed E-state index contributed by atoms with van der Waals surface area (Å²) in [5.41, 5.74) is 2.33. The summed E-state index contributed by atoms with van der Waals surface area (Å²) in [4.78, 5) is 86.6. The molecule has 2 aliphatic heterocycles. The van der Waals surface area contributed by atoms with Gasteiger partial charge in [-0.05, 0) is 107 Å². The second kappa shape index (κ2) is 22.4. The average molecular weight is 886 g/mol. The summed E-state index contributed by atoms with van der Waals surface area (Å²) < 4.78 is 0. The number of fused-ring (bicyclic) bond motifs is 1. The van der Waals surface area contributed by atoms with Gasteiger partial charge in [0.05, 0.1) is 18.1 Å². The molecule has 6 amide bonds. The fourth-order valence-corrected chi connectivity index (χ4v) is 9.20. The Morgan fingerprint density at radius 1 is 0.781 bits per heavy atom. The van der Waals surface area contributed by atoms with Crippen LogP contribution in [0.15, 0.2) is 48.5 Å². The van der Waals surface area contributed by atoms with Crippen LogP contribution in [0.2, 0.25) is 0 Å². The lowest BCUT2D eigenvalue weighted by Gasteiger charge is -2.34. The van der Waals surface area contributed by atoms with Crippen molar-refractivity contribution < 1.29 is 28.8 Å². The quantitative estimate of drug-likeness (QED) is 0.118. The topological polar surface area (TPSA) is 193 Å². The van der Waals surface area contributed by atoms with E-state index in [0.29, 0.717) is 19.4 Å². The largest absolute Gasteiger partial charge is 0.347 e. The number of likely N-dealkylation sites (N-methyl/N-ethyl adjacent to an activating group) is 2. The Hall–Kier alpha value is -4.86. The standard InChI is InChI=1S/C49H75N9O6/c1-11-16-39(51-10)45(61)56-42(49(6,7)8)48(64)57-24-23-35(27-57)53-43(59)33-19-14-20-34(25-33)44(60)54-36-26-40(46(62)55-38-22-15-18-32-17-12-13-21-37(32)38)58(28-36)47(63)41(29(2)3)52-31(5)30(4)50-9/h12-14,17,19-21,25,29-31,35-36,38-42,50-52H,11,15-16,18,22-24,26-28H2,1-10H3,(H,53,59)(H,54,60)(H,55,62)(H,56,61)/t30-,31?,35-,36-,38+,39-,40-,41-,42+/m0/s1. The lowest BCUT2D eigenvalue weighted by molar-refractivity contribution is -0.141. The number of carbonyl (C=O) groups excluding carboxylic acids is 6. The number of likely N-dealkylation sites (tertiary alicyclic amines) is 2. The Balaban J connectivity index is 1.26. The fraction of sp³-hybridized carbons (Fsp3) is 0.633. The van der Waals surface area contributed by atoms with Gasteiger partial charge in [0.2, 0.25) is 23.6 Å². The molecule has 3 aliphatic rings. The number of hydrogen-bond donors (Lipinski definition) is 7. The van der Waals surface area contributed by atoms with Gasteiger partial charge in [0.25, 0.3) is 11.8 Å². The summed E-state index contributed by atoms with van der Waals surface area (Å²) in [7, 11) is 3.61. The molecule has 7 N–H and O–H groups in total. The Kier molecular flexibility index (Phi) is 17.5. The first kappa shape index (κ1) is 50.1. The van der Waals surface area contributed by atoms with Crippen LogP contribution in [0, 0.1) is 11.3 Å². The Labute approximate surface area is 380 Å². The highest BCUT2D eigenvalue weighted by molar-refractivity contribution is 6.00. The first-order valence-electron chi connectivity index (χ1n) is 23.5. The smallest absolute Gasteiger partial charge is 0.251 e. The molecule has 0 saturated carbocycles. The van der Waals surface area contributed by atoms with E-state index in [2.05, 4.69) is 49.4 Å². The van der Waals surface area contributed by atoms with Gasteiger partial charge in [-0.15, -0.1) is 0 Å². The molecule has 5 rings (SSSR count). The predicted octanol–water partition coefficient (Wildman–Crippen LogP) is 3.44. The van der Waals surface area contributed by atoms with Crippen LogP contribution < -0.4 is 37.2 Å². The molecule has 2 aromatic carbocycles. The molecule has 2 aromatic rings. The van der Waals surface area contributed by atoms with Gasteiger partial charge in [-0.3, -0.25) is 28.8 Å². The summed E-state index contributed by atoms with van der Waals surface area (Å²) in [6.07, 6.45) is 4.94. The second-order valence-electron chi connectivity index (χ2n) is 19.6. The Morgan fingerprint density at radius 3 is 2.08 bits per heavy atom. The van der Waals surface area contributed by atoms with E-state index in [1.165, 1.54) is 11.6 Å². The maximum Gasteiger partial charge on any atom is 0.251 e. The van der Waals surface area contributed by atoms with Crippen LogP contribution >= 0.6 is 0 Å². The molecule has 15 nitrogen and oxygen atoms in total. The summed E-state index contributed by atoms with van der Waals surface area (Å²) in [5, 5.41) is 22.2. The SMILES string of the molecule is CCC[C@H](NC)C(=O)N[C@H](C(=O)N1CC[C@H](NC(=O)c2cccc(C(=O)N[C@H]3C[C@@H](C(=O)N[C@@H]4CCCc5ccccc54)N(C(=O)[C@@H](NC(C)[C@H](C)NC)C(C)C)C3)c2)C1)C(C)(C)C. The number of hydrogen-bond acceptors (Lipinski definition) is 9. The van der Waals surface area contributed by atoms with Crippen molar-refractivity contribution in [3.05, 3.63) is 70.8 Å². The lowest BCUT2D eigenvalue weighted by Crippen LogP contribution is -2.58. The van der Waals surface area contributed by atoms with Crippen LogP contribution in [-0.4, -0.2) is 127 Å². The monoisotopic (exact) mass is 886 g/mol. The molecule has 9 atom stereocenters. The van der Waals surface area contributed by atoms with E-state index >= 15 is 0 Å². The first-order chi connectivity index (χ1) is 30.4. The number of nitrogens with one attached hydrogen (secondary N) is 7. The van der Waals surface area contributed by atoms with E-state index < -0.39 is 41.5 Å². The maximum absolute atomic E-state index is 14.5. The molecule has 64 heavy (non-hydrogen) atoms. The second-order valence-corrected chi connectivity index (χ2v) is 19.6. The van der Waals surface area contributed by atoms with Crippen LogP contribution in [0.25, 0.3) is 0 Å². The fourth-order valence-electron chi connectivity index (χ4n) is 9.20. The minimum Gasteiger partial charge on any atom is -0.347 e. The highest BCUT2D eigenvalue weighted by Crippen LogP contribution is 2.31. The number of rotatable bonds is 18. The highest BCUT2D eigenvalue weighted by Gasteiger charge is 2.44. The molecular weight excluding hydrogens is 811 g/mol. The van der Waals surface area contributed by atoms with Gasteiger partial charge in [-0.2, -0.15) is 0 Å². The van der Waals surface area contributed by atoms with Gasteiger partial charge in [-0.1, -0.05) is 78.3 Å². The van der Waals surface area contributed by atoms with Crippen molar-refractivity contribution in [2.24, 2.45) is 11.3 Å². The molecule has 2 fully saturated rings. The maximum atomic E-state index is 14.5. The highest BCUT2D eigenvalue weighted by atomic mass is 16.2. The zero-order chi connectivity index (χ0) is 46.9. The summed E-state index contributed by atoms with van der Waals surface area (Å²) in [5.74, 6) is -1.71. The third kappa shape index (κ3) is 12.5. The van der Waals surface area contributed by atoms with Crippen molar-refractivity contribution in [3.8, 4) is 0 Å². The molecule has 1 aliphatic carbocycles. The third-order valence-electron chi connectivity index (χ3n) is 13.4. The van der Waals surface area contributed by atoms with Crippen molar-refractivity contribution in [3.63, 3.8) is 0 Å². The van der Waals surface area contributed by atoms with Crippen molar-refractivity contribution in [1.29, 1.82) is 0 Å². The molecule has 15 heteroatoms. The molecule has 0 radical (unpaired) electrons. The van der Waals surface area contributed by atoms with Crippen molar-refractivity contribution in [1.82, 2.24) is 47.0 Å². The molecule has 2 saturated heterocycles. The Morgan fingerprint density at radius 2 is 1.45 bits per heavy atom. The van der Waals surface area contributed by atoms with Gasteiger partial charge >= 0.3 is 0 Å². The van der Waals surface area contributed by atoms with Gasteiger partial charge < -0.3 is 47.0 Å². The number of carbonyl (C=O) groups is 6. The summed E-state index contributed by atoms with van der Waals surface area (Å²) in [6, 6.07) is 11.1. The zero-order valence-corrected chi connectivity index (χ0v) is 39.8. The van der Waals surface area contributed by atoms with E-state index in [0.717, 1.165) is 31.2 Å². The van der Waals surface area contributed by atoms with Crippen LogP contribution in [0.1, 0.15) is 132 Å². The molecule has 352 valence electrons. The van der Waals surface area contributed by atoms with Gasteiger partial charge in [0, 0.05) is 54.9 Å². The molecule has 2 heterocycles. The van der Waals surface area contributed by atoms with Crippen LogP contribution in [0.5, 0.6) is 0 Å². The summed E-state index contributed by atoms with van der Waals surface area (Å²) >= 11 is 0. The van der Waals surface area contributed by atoms with Gasteiger partial charge in [0.1, 0.15) is 12.1 Å². The average Bonchev–Trinajstić information content (AvgIpc) is 3.92. The minimum atomic E-state index is -0.803. The predicted molar refractivity (Wildman–Crippen MR) is 249 cm³/mol. The Bertz CT molecular complexity index is 1970. The van der Waals surface area contributed by atoms with E-state index in [1.54, 1.807) is 35.0 Å². The number of nitrogens with zero attached hydrogens (tertiary/aromatic N) is 2. The van der Waals surface area contributed by atoms with E-state index in [4.69, 9.17) is 0 Å². The number of amides is 6. The van der Waals surface area contributed by atoms with E-state index in [-0.39, 0.29) is 90.3 Å². The van der Waals surface area contributed by atoms with Crippen LogP contribution in [-0.2, 0) is 25.6 Å². The van der Waals surface area contributed by atoms with Gasteiger partial charge in [0.15, 0.2) is 0 Å². The lowest BCUT2D eigenvalue weighted by atomic mass is 9.85. The number of aryl methyl sites for hydroxylation is 1. The van der Waals surface area contributed by atoms with E-state index in [1.807, 2.05) is 74.6 Å². The van der Waals surface area contributed by atoms with Gasteiger partial charge in [-0.25, -0.2) is 0 Å². The zero-order valence-electron chi connectivity index (χ0n) is 39.8. The van der Waals surface area contributed by atoms with Crippen molar-refractivity contribution in [2.45, 2.75) is 155 Å². The molecule has 0 spiro atoms. The van der Waals surface area contributed by atoms with Crippen LogP contribution in [0.4, 0.5) is 0 Å². The molecular formula is C49H75N9O6. The van der Waals surface area contributed by atoms with Crippen LogP contribution in [0.3, 0.4) is 0 Å². The molecule has 1 unspecified atom stereocenters. The summed E-state index contributed by atoms with van der Waals surface area (Å²) in [6.45, 7) is 16.7. The van der Waals surface area contributed by atoms with Crippen molar-refractivity contribution >= 4 is 35.4 Å². The first-order valence-corrected chi connectivity index (χ1v) is 23.5. The normalized spacial score (nSPS) is 22.2. The molecule has 0 bridgehead atoms. The minimum absolute atomic E-state index is 0.0352. The molecule has 0 aromatic heterocycles. The van der Waals surface area contributed by atoms with E-state index in [9.17, 15) is 28.8 Å². The third-order valence-corrected chi connectivity index (χ3v) is 13.4.